The maximum atomic E-state index is 9.18. The van der Waals surface area contributed by atoms with Crippen LogP contribution < -0.4 is 10.6 Å². The number of anilines is 2. The molecule has 1 aromatic heterocycles. The van der Waals surface area contributed by atoms with Crippen LogP contribution in [0, 0.1) is 12.3 Å². The summed E-state index contributed by atoms with van der Waals surface area (Å²) in [5, 5.41) is 15.6. The second-order valence-electron chi connectivity index (χ2n) is 4.89. The lowest BCUT2D eigenvalue weighted by atomic mass is 9.95. The SMILES string of the molecule is CCNc1cc(NCC(C)(C)CO)nc(C)n1. The molecule has 0 bridgehead atoms. The van der Waals surface area contributed by atoms with Gasteiger partial charge in [-0.1, -0.05) is 13.8 Å². The molecule has 5 heteroatoms. The predicted octanol–water partition coefficient (Wildman–Crippen LogP) is 1.65. The van der Waals surface area contributed by atoms with Crippen molar-refractivity contribution >= 4 is 11.6 Å². The van der Waals surface area contributed by atoms with E-state index in [9.17, 15) is 5.11 Å². The number of aryl methyl sites for hydroxylation is 1. The third kappa shape index (κ3) is 4.56. The van der Waals surface area contributed by atoms with Crippen molar-refractivity contribution in [2.75, 3.05) is 30.3 Å². The minimum absolute atomic E-state index is 0.143. The van der Waals surface area contributed by atoms with Crippen LogP contribution in [0.1, 0.15) is 26.6 Å². The zero-order valence-corrected chi connectivity index (χ0v) is 11.0. The van der Waals surface area contributed by atoms with Crippen molar-refractivity contribution in [3.05, 3.63) is 11.9 Å². The molecule has 5 nitrogen and oxygen atoms in total. The van der Waals surface area contributed by atoms with E-state index in [0.29, 0.717) is 6.54 Å². The number of nitrogens with zero attached hydrogens (tertiary/aromatic N) is 2. The number of hydrogen-bond acceptors (Lipinski definition) is 5. The van der Waals surface area contributed by atoms with Crippen LogP contribution in [0.15, 0.2) is 6.07 Å². The van der Waals surface area contributed by atoms with Crippen molar-refractivity contribution in [3.8, 4) is 0 Å². The van der Waals surface area contributed by atoms with Crippen molar-refractivity contribution in [2.24, 2.45) is 5.41 Å². The second-order valence-corrected chi connectivity index (χ2v) is 4.89. The van der Waals surface area contributed by atoms with Gasteiger partial charge in [0.1, 0.15) is 17.5 Å². The smallest absolute Gasteiger partial charge is 0.131 e. The van der Waals surface area contributed by atoms with E-state index in [1.165, 1.54) is 0 Å². The first-order valence-corrected chi connectivity index (χ1v) is 5.91. The van der Waals surface area contributed by atoms with Crippen molar-refractivity contribution in [1.29, 1.82) is 0 Å². The van der Waals surface area contributed by atoms with Gasteiger partial charge in [-0.15, -0.1) is 0 Å². The predicted molar refractivity (Wildman–Crippen MR) is 70.3 cm³/mol. The first-order chi connectivity index (χ1) is 7.96. The molecule has 0 unspecified atom stereocenters. The summed E-state index contributed by atoms with van der Waals surface area (Å²) in [6.07, 6.45) is 0. The van der Waals surface area contributed by atoms with Gasteiger partial charge in [0, 0.05) is 31.2 Å². The first kappa shape index (κ1) is 13.7. The van der Waals surface area contributed by atoms with Crippen LogP contribution in [-0.2, 0) is 0 Å². The summed E-state index contributed by atoms with van der Waals surface area (Å²) in [7, 11) is 0. The first-order valence-electron chi connectivity index (χ1n) is 5.91. The van der Waals surface area contributed by atoms with Gasteiger partial charge in [0.25, 0.3) is 0 Å². The number of aromatic nitrogens is 2. The molecule has 96 valence electrons. The molecular formula is C12H22N4O. The molecule has 17 heavy (non-hydrogen) atoms. The fourth-order valence-corrected chi connectivity index (χ4v) is 1.32. The molecule has 0 saturated heterocycles. The van der Waals surface area contributed by atoms with Crippen molar-refractivity contribution < 1.29 is 5.11 Å². The number of hydrogen-bond donors (Lipinski definition) is 3. The van der Waals surface area contributed by atoms with Crippen molar-refractivity contribution in [2.45, 2.75) is 27.7 Å². The van der Waals surface area contributed by atoms with Crippen LogP contribution in [0.3, 0.4) is 0 Å². The molecule has 0 aliphatic rings. The summed E-state index contributed by atoms with van der Waals surface area (Å²) in [5.41, 5.74) is -0.156. The van der Waals surface area contributed by atoms with Gasteiger partial charge in [-0.3, -0.25) is 0 Å². The van der Waals surface area contributed by atoms with Gasteiger partial charge in [0.05, 0.1) is 0 Å². The maximum Gasteiger partial charge on any atom is 0.131 e. The third-order valence-electron chi connectivity index (χ3n) is 2.37. The Hall–Kier alpha value is -1.36. The minimum Gasteiger partial charge on any atom is -0.396 e. The fraction of sp³-hybridized carbons (Fsp3) is 0.667. The monoisotopic (exact) mass is 238 g/mol. The number of aliphatic hydroxyl groups excluding tert-OH is 1. The molecule has 0 spiro atoms. The van der Waals surface area contributed by atoms with Gasteiger partial charge in [0.2, 0.25) is 0 Å². The summed E-state index contributed by atoms with van der Waals surface area (Å²) in [6, 6.07) is 1.88. The van der Waals surface area contributed by atoms with Crippen molar-refractivity contribution in [1.82, 2.24) is 9.97 Å². The van der Waals surface area contributed by atoms with Crippen LogP contribution in [0.25, 0.3) is 0 Å². The fourth-order valence-electron chi connectivity index (χ4n) is 1.32. The molecule has 0 aliphatic carbocycles. The van der Waals surface area contributed by atoms with Gasteiger partial charge < -0.3 is 15.7 Å². The summed E-state index contributed by atoms with van der Waals surface area (Å²) < 4.78 is 0. The largest absolute Gasteiger partial charge is 0.396 e. The Kier molecular flexibility index (Phi) is 4.69. The lowest BCUT2D eigenvalue weighted by Gasteiger charge is -2.22. The van der Waals surface area contributed by atoms with Gasteiger partial charge in [-0.25, -0.2) is 9.97 Å². The summed E-state index contributed by atoms with van der Waals surface area (Å²) in [4.78, 5) is 8.59. The molecule has 1 aromatic rings. The average molecular weight is 238 g/mol. The lowest BCUT2D eigenvalue weighted by Crippen LogP contribution is -2.27. The highest BCUT2D eigenvalue weighted by atomic mass is 16.3. The number of nitrogens with one attached hydrogen (secondary N) is 2. The van der Waals surface area contributed by atoms with Crippen molar-refractivity contribution in [3.63, 3.8) is 0 Å². The molecule has 1 rings (SSSR count). The molecule has 3 N–H and O–H groups in total. The van der Waals surface area contributed by atoms with Crippen LogP contribution in [0.5, 0.6) is 0 Å². The van der Waals surface area contributed by atoms with E-state index >= 15 is 0 Å². The molecule has 0 fully saturated rings. The highest BCUT2D eigenvalue weighted by Gasteiger charge is 2.16. The molecular weight excluding hydrogens is 216 g/mol. The molecule has 0 aliphatic heterocycles. The van der Waals surface area contributed by atoms with E-state index in [1.807, 2.05) is 33.8 Å². The average Bonchev–Trinajstić information content (AvgIpc) is 2.26. The Bertz CT molecular complexity index is 366. The van der Waals surface area contributed by atoms with Gasteiger partial charge in [-0.05, 0) is 13.8 Å². The number of rotatable bonds is 6. The van der Waals surface area contributed by atoms with E-state index in [4.69, 9.17) is 0 Å². The third-order valence-corrected chi connectivity index (χ3v) is 2.37. The van der Waals surface area contributed by atoms with E-state index in [2.05, 4.69) is 20.6 Å². The molecule has 0 radical (unpaired) electrons. The normalized spacial score (nSPS) is 11.4. The highest BCUT2D eigenvalue weighted by molar-refractivity contribution is 5.47. The molecule has 0 atom stereocenters. The lowest BCUT2D eigenvalue weighted by molar-refractivity contribution is 0.170. The summed E-state index contributed by atoms with van der Waals surface area (Å²) >= 11 is 0. The Morgan fingerprint density at radius 1 is 1.24 bits per heavy atom. The van der Waals surface area contributed by atoms with Crippen LogP contribution in [0.2, 0.25) is 0 Å². The highest BCUT2D eigenvalue weighted by Crippen LogP contribution is 2.16. The van der Waals surface area contributed by atoms with Crippen LogP contribution >= 0.6 is 0 Å². The second kappa shape index (κ2) is 5.82. The summed E-state index contributed by atoms with van der Waals surface area (Å²) in [5.74, 6) is 2.34. The Morgan fingerprint density at radius 2 is 1.82 bits per heavy atom. The quantitative estimate of drug-likeness (QED) is 0.703. The van der Waals surface area contributed by atoms with E-state index in [-0.39, 0.29) is 12.0 Å². The van der Waals surface area contributed by atoms with Crippen LogP contribution in [0.4, 0.5) is 11.6 Å². The molecule has 0 aromatic carbocycles. The Morgan fingerprint density at radius 3 is 2.35 bits per heavy atom. The van der Waals surface area contributed by atoms with Crippen LogP contribution in [-0.4, -0.2) is 34.8 Å². The van der Waals surface area contributed by atoms with E-state index in [0.717, 1.165) is 24.0 Å². The Balaban J connectivity index is 2.70. The summed E-state index contributed by atoms with van der Waals surface area (Å²) in [6.45, 7) is 9.54. The topological polar surface area (TPSA) is 70.1 Å². The van der Waals surface area contributed by atoms with Gasteiger partial charge in [-0.2, -0.15) is 0 Å². The molecule has 1 heterocycles. The number of aliphatic hydroxyl groups is 1. The van der Waals surface area contributed by atoms with Gasteiger partial charge in [0.15, 0.2) is 0 Å². The minimum atomic E-state index is -0.156. The van der Waals surface area contributed by atoms with E-state index in [1.54, 1.807) is 0 Å². The molecule has 0 amide bonds. The van der Waals surface area contributed by atoms with E-state index < -0.39 is 0 Å². The maximum absolute atomic E-state index is 9.18. The standard InChI is InChI=1S/C12H22N4O/c1-5-13-10-6-11(16-9(2)15-10)14-7-12(3,4)8-17/h6,17H,5,7-8H2,1-4H3,(H2,13,14,15,16). The van der Waals surface area contributed by atoms with Gasteiger partial charge >= 0.3 is 0 Å². The zero-order chi connectivity index (χ0) is 12.9. The zero-order valence-electron chi connectivity index (χ0n) is 11.0. The Labute approximate surface area is 103 Å². The molecule has 0 saturated carbocycles.